The van der Waals surface area contributed by atoms with Crippen LogP contribution in [0.1, 0.15) is 68.7 Å². The van der Waals surface area contributed by atoms with Gasteiger partial charge in [0.15, 0.2) is 5.78 Å². The van der Waals surface area contributed by atoms with Crippen molar-refractivity contribution in [3.8, 4) is 0 Å². The quantitative estimate of drug-likeness (QED) is 0.717. The topological polar surface area (TPSA) is 101 Å². The van der Waals surface area contributed by atoms with E-state index in [1.54, 1.807) is 41.5 Å². The average molecular weight is 377 g/mol. The SMILES string of the molecule is CC(C)(C)C1=CC(OS(=O)(=O)O)(C(C)(C)C)CC(O)(C(C)(C)C)C1=O. The zero-order valence-corrected chi connectivity index (χ0v) is 17.5. The smallest absolute Gasteiger partial charge is 0.381 e. The fraction of sp³-hybridized carbons (Fsp3) is 0.833. The lowest BCUT2D eigenvalue weighted by Crippen LogP contribution is -2.63. The molecule has 0 aromatic heterocycles. The Labute approximate surface area is 151 Å². The van der Waals surface area contributed by atoms with Gasteiger partial charge in [-0.3, -0.25) is 9.35 Å². The molecule has 25 heavy (non-hydrogen) atoms. The summed E-state index contributed by atoms with van der Waals surface area (Å²) in [6.45, 7) is 15.8. The zero-order chi connectivity index (χ0) is 20.3. The molecule has 0 aromatic carbocycles. The fourth-order valence-electron chi connectivity index (χ4n) is 3.04. The van der Waals surface area contributed by atoms with Gasteiger partial charge in [0.05, 0.1) is 0 Å². The predicted molar refractivity (Wildman–Crippen MR) is 96.4 cm³/mol. The molecule has 0 fully saturated rings. The molecule has 2 unspecified atom stereocenters. The van der Waals surface area contributed by atoms with Gasteiger partial charge in [0.25, 0.3) is 0 Å². The van der Waals surface area contributed by atoms with Crippen molar-refractivity contribution in [3.05, 3.63) is 11.6 Å². The molecule has 2 atom stereocenters. The maximum atomic E-state index is 13.1. The van der Waals surface area contributed by atoms with Crippen LogP contribution in [-0.4, -0.2) is 35.1 Å². The summed E-state index contributed by atoms with van der Waals surface area (Å²) in [6.07, 6.45) is 1.20. The van der Waals surface area contributed by atoms with Crippen LogP contribution in [0.15, 0.2) is 11.6 Å². The van der Waals surface area contributed by atoms with E-state index in [1.807, 2.05) is 20.8 Å². The molecule has 0 saturated carbocycles. The third-order valence-corrected chi connectivity index (χ3v) is 5.60. The Kier molecular flexibility index (Phi) is 5.23. The number of aliphatic hydroxyl groups is 1. The average Bonchev–Trinajstić information content (AvgIpc) is 2.27. The van der Waals surface area contributed by atoms with Crippen molar-refractivity contribution in [3.63, 3.8) is 0 Å². The number of hydrogen-bond donors (Lipinski definition) is 2. The lowest BCUT2D eigenvalue weighted by molar-refractivity contribution is -0.165. The predicted octanol–water partition coefficient (Wildman–Crippen LogP) is 3.31. The maximum Gasteiger partial charge on any atom is 0.398 e. The molecule has 0 bridgehead atoms. The second-order valence-electron chi connectivity index (χ2n) is 10.1. The van der Waals surface area contributed by atoms with Crippen LogP contribution in [0.4, 0.5) is 0 Å². The van der Waals surface area contributed by atoms with E-state index in [4.69, 9.17) is 4.18 Å². The van der Waals surface area contributed by atoms with E-state index < -0.39 is 43.6 Å². The maximum absolute atomic E-state index is 13.1. The Morgan fingerprint density at radius 1 is 1.00 bits per heavy atom. The molecule has 0 spiro atoms. The first-order chi connectivity index (χ1) is 10.7. The highest BCUT2D eigenvalue weighted by molar-refractivity contribution is 7.80. The molecule has 146 valence electrons. The first kappa shape index (κ1) is 22.3. The number of ketones is 1. The van der Waals surface area contributed by atoms with Gasteiger partial charge < -0.3 is 5.11 Å². The van der Waals surface area contributed by atoms with E-state index in [2.05, 4.69) is 0 Å². The van der Waals surface area contributed by atoms with Crippen molar-refractivity contribution in [1.82, 2.24) is 0 Å². The van der Waals surface area contributed by atoms with E-state index in [0.717, 1.165) is 0 Å². The van der Waals surface area contributed by atoms with Crippen LogP contribution in [0, 0.1) is 16.2 Å². The molecule has 1 aliphatic rings. The second-order valence-corrected chi connectivity index (χ2v) is 11.1. The minimum absolute atomic E-state index is 0.273. The summed E-state index contributed by atoms with van der Waals surface area (Å²) in [6, 6.07) is 0. The highest BCUT2D eigenvalue weighted by atomic mass is 32.3. The number of rotatable bonds is 2. The van der Waals surface area contributed by atoms with Crippen LogP contribution in [0.5, 0.6) is 0 Å². The van der Waals surface area contributed by atoms with Crippen LogP contribution < -0.4 is 0 Å². The van der Waals surface area contributed by atoms with Crippen molar-refractivity contribution in [1.29, 1.82) is 0 Å². The summed E-state index contributed by atoms with van der Waals surface area (Å²) >= 11 is 0. The van der Waals surface area contributed by atoms with Crippen LogP contribution >= 0.6 is 0 Å². The number of carbonyl (C=O) groups excluding carboxylic acids is 1. The summed E-state index contributed by atoms with van der Waals surface area (Å²) in [7, 11) is -4.81. The van der Waals surface area contributed by atoms with Gasteiger partial charge in [-0.05, 0) is 22.3 Å². The van der Waals surface area contributed by atoms with E-state index in [-0.39, 0.29) is 12.0 Å². The van der Waals surface area contributed by atoms with Gasteiger partial charge in [0.1, 0.15) is 11.2 Å². The standard InChI is InChI=1S/C18H32O6S/c1-14(2,3)12-10-17(15(4,5)6,24-25(21,22)23)11-18(20,13(12)19)16(7,8)9/h10,20H,11H2,1-9H3,(H,21,22,23). The van der Waals surface area contributed by atoms with Crippen molar-refractivity contribution in [2.24, 2.45) is 16.2 Å². The molecule has 0 aromatic rings. The summed E-state index contributed by atoms with van der Waals surface area (Å²) < 4.78 is 37.7. The minimum Gasteiger partial charge on any atom is -0.381 e. The van der Waals surface area contributed by atoms with Crippen LogP contribution in [0.3, 0.4) is 0 Å². The number of carbonyl (C=O) groups is 1. The van der Waals surface area contributed by atoms with Gasteiger partial charge in [-0.15, -0.1) is 0 Å². The van der Waals surface area contributed by atoms with Crippen LogP contribution in [-0.2, 0) is 19.4 Å². The van der Waals surface area contributed by atoms with Crippen molar-refractivity contribution >= 4 is 16.2 Å². The van der Waals surface area contributed by atoms with Gasteiger partial charge in [0, 0.05) is 12.0 Å². The van der Waals surface area contributed by atoms with E-state index in [1.165, 1.54) is 6.08 Å². The van der Waals surface area contributed by atoms with Gasteiger partial charge in [-0.25, -0.2) is 4.18 Å². The molecule has 0 amide bonds. The summed E-state index contributed by atoms with van der Waals surface area (Å²) in [4.78, 5) is 13.1. The molecule has 7 heteroatoms. The van der Waals surface area contributed by atoms with Crippen LogP contribution in [0.25, 0.3) is 0 Å². The monoisotopic (exact) mass is 376 g/mol. The summed E-state index contributed by atoms with van der Waals surface area (Å²) in [5.41, 5.74) is -5.46. The Balaban J connectivity index is 3.89. The van der Waals surface area contributed by atoms with Crippen LogP contribution in [0.2, 0.25) is 0 Å². The summed E-state index contributed by atoms with van der Waals surface area (Å²) in [5, 5.41) is 11.4. The Morgan fingerprint density at radius 3 is 1.72 bits per heavy atom. The Morgan fingerprint density at radius 2 is 1.44 bits per heavy atom. The van der Waals surface area contributed by atoms with E-state index >= 15 is 0 Å². The molecule has 0 heterocycles. The highest BCUT2D eigenvalue weighted by Gasteiger charge is 2.61. The van der Waals surface area contributed by atoms with E-state index in [0.29, 0.717) is 0 Å². The molecule has 6 nitrogen and oxygen atoms in total. The second kappa shape index (κ2) is 5.87. The molecule has 2 N–H and O–H groups in total. The molecule has 0 radical (unpaired) electrons. The van der Waals surface area contributed by atoms with Gasteiger partial charge in [-0.2, -0.15) is 8.42 Å². The third-order valence-electron chi connectivity index (χ3n) is 5.09. The number of Topliss-reactive ketones (excluding diaryl/α,β-unsaturated/α-hetero) is 1. The molecular formula is C18H32O6S. The van der Waals surface area contributed by atoms with Gasteiger partial charge >= 0.3 is 10.4 Å². The van der Waals surface area contributed by atoms with Crippen molar-refractivity contribution < 1.29 is 27.1 Å². The fourth-order valence-corrected chi connectivity index (χ4v) is 3.78. The normalized spacial score (nSPS) is 29.6. The Hall–Kier alpha value is -0.760. The largest absolute Gasteiger partial charge is 0.398 e. The Bertz CT molecular complexity index is 685. The van der Waals surface area contributed by atoms with Crippen molar-refractivity contribution in [2.75, 3.05) is 0 Å². The highest BCUT2D eigenvalue weighted by Crippen LogP contribution is 2.53. The summed E-state index contributed by atoms with van der Waals surface area (Å²) in [5.74, 6) is -0.439. The third kappa shape index (κ3) is 4.15. The van der Waals surface area contributed by atoms with E-state index in [9.17, 15) is 22.9 Å². The first-order valence-corrected chi connectivity index (χ1v) is 9.71. The molecule has 1 aliphatic carbocycles. The van der Waals surface area contributed by atoms with Gasteiger partial charge in [0.2, 0.25) is 0 Å². The molecular weight excluding hydrogens is 344 g/mol. The molecule has 0 saturated heterocycles. The molecule has 0 aliphatic heterocycles. The van der Waals surface area contributed by atoms with Gasteiger partial charge in [-0.1, -0.05) is 62.3 Å². The zero-order valence-electron chi connectivity index (χ0n) is 16.7. The first-order valence-electron chi connectivity index (χ1n) is 8.35. The lowest BCUT2D eigenvalue weighted by atomic mass is 9.56. The molecule has 1 rings (SSSR count). The lowest BCUT2D eigenvalue weighted by Gasteiger charge is -2.53. The minimum atomic E-state index is -4.81. The number of hydrogen-bond acceptors (Lipinski definition) is 5. The van der Waals surface area contributed by atoms with Crippen molar-refractivity contribution in [2.45, 2.75) is 79.9 Å².